The molecule has 3 rings (SSSR count). The fourth-order valence-electron chi connectivity index (χ4n) is 3.85. The maximum atomic E-state index is 14.7. The van der Waals surface area contributed by atoms with E-state index in [0.29, 0.717) is 54.4 Å². The molecule has 0 bridgehead atoms. The van der Waals surface area contributed by atoms with Crippen LogP contribution in [-0.4, -0.2) is 44.9 Å². The van der Waals surface area contributed by atoms with Crippen molar-refractivity contribution < 1.29 is 23.4 Å². The van der Waals surface area contributed by atoms with Crippen LogP contribution in [0.15, 0.2) is 36.4 Å². The largest absolute Gasteiger partial charge is 0.493 e. The van der Waals surface area contributed by atoms with Gasteiger partial charge in [0.05, 0.1) is 43.2 Å². The van der Waals surface area contributed by atoms with Crippen LogP contribution in [0.25, 0.3) is 0 Å². The Kier molecular flexibility index (Phi) is 8.50. The number of ether oxygens (including phenoxy) is 3. The number of benzene rings is 2. The maximum absolute atomic E-state index is 14.7. The third-order valence-corrected chi connectivity index (χ3v) is 5.36. The van der Waals surface area contributed by atoms with Gasteiger partial charge in [-0.1, -0.05) is 6.07 Å². The van der Waals surface area contributed by atoms with Crippen LogP contribution >= 0.6 is 0 Å². The predicted octanol–water partition coefficient (Wildman–Crippen LogP) is 3.79. The van der Waals surface area contributed by atoms with Gasteiger partial charge in [-0.05, 0) is 50.1 Å². The molecule has 176 valence electrons. The molecule has 0 aliphatic carbocycles. The second kappa shape index (κ2) is 11.5. The zero-order chi connectivity index (χ0) is 23.8. The van der Waals surface area contributed by atoms with Gasteiger partial charge in [0.15, 0.2) is 11.5 Å². The molecule has 1 heterocycles. The van der Waals surface area contributed by atoms with Gasteiger partial charge in [-0.25, -0.2) is 4.39 Å². The summed E-state index contributed by atoms with van der Waals surface area (Å²) in [5.41, 5.74) is 1.75. The first-order valence-corrected chi connectivity index (χ1v) is 11.1. The summed E-state index contributed by atoms with van der Waals surface area (Å²) in [4.78, 5) is 14.2. The van der Waals surface area contributed by atoms with E-state index in [1.54, 1.807) is 24.3 Å². The molecule has 1 aliphatic rings. The number of anilines is 1. The van der Waals surface area contributed by atoms with E-state index in [9.17, 15) is 9.18 Å². The van der Waals surface area contributed by atoms with E-state index in [1.807, 2.05) is 30.9 Å². The van der Waals surface area contributed by atoms with Gasteiger partial charge in [0, 0.05) is 32.1 Å². The van der Waals surface area contributed by atoms with Gasteiger partial charge in [0.2, 0.25) is 5.91 Å². The molecule has 8 heteroatoms. The minimum Gasteiger partial charge on any atom is -0.493 e. The highest BCUT2D eigenvalue weighted by Crippen LogP contribution is 2.28. The van der Waals surface area contributed by atoms with Gasteiger partial charge in [0.1, 0.15) is 5.82 Å². The lowest BCUT2D eigenvalue weighted by Gasteiger charge is -2.37. The van der Waals surface area contributed by atoms with Crippen LogP contribution in [0.2, 0.25) is 0 Å². The minimum atomic E-state index is -0.298. The van der Waals surface area contributed by atoms with Crippen LogP contribution < -0.4 is 19.7 Å². The van der Waals surface area contributed by atoms with E-state index >= 15 is 0 Å². The fourth-order valence-corrected chi connectivity index (χ4v) is 3.85. The van der Waals surface area contributed by atoms with Crippen LogP contribution in [0.5, 0.6) is 11.5 Å². The van der Waals surface area contributed by atoms with Crippen LogP contribution in [0.4, 0.5) is 10.1 Å². The summed E-state index contributed by atoms with van der Waals surface area (Å²) in [5.74, 6) is 0.569. The summed E-state index contributed by atoms with van der Waals surface area (Å²) in [5, 5.41) is 11.8. The van der Waals surface area contributed by atoms with E-state index in [-0.39, 0.29) is 36.9 Å². The number of amides is 1. The first-order chi connectivity index (χ1) is 15.9. The first kappa shape index (κ1) is 24.3. The van der Waals surface area contributed by atoms with Crippen molar-refractivity contribution in [3.8, 4) is 17.6 Å². The summed E-state index contributed by atoms with van der Waals surface area (Å²) >= 11 is 0. The number of morpholine rings is 1. The topological polar surface area (TPSA) is 83.8 Å². The summed E-state index contributed by atoms with van der Waals surface area (Å²) in [6.45, 7) is 5.85. The molecule has 1 aliphatic heterocycles. The Hall–Kier alpha value is -3.31. The van der Waals surface area contributed by atoms with Crippen molar-refractivity contribution in [2.24, 2.45) is 0 Å². The second-order valence-electron chi connectivity index (χ2n) is 8.15. The van der Waals surface area contributed by atoms with Crippen molar-refractivity contribution in [1.82, 2.24) is 5.32 Å². The second-order valence-corrected chi connectivity index (χ2v) is 8.15. The Morgan fingerprint density at radius 3 is 2.64 bits per heavy atom. The number of nitriles is 1. The van der Waals surface area contributed by atoms with Gasteiger partial charge in [0.25, 0.3) is 0 Å². The number of hydrogen-bond acceptors (Lipinski definition) is 6. The highest BCUT2D eigenvalue weighted by Gasteiger charge is 2.24. The average molecular weight is 456 g/mol. The van der Waals surface area contributed by atoms with E-state index in [2.05, 4.69) is 5.32 Å². The van der Waals surface area contributed by atoms with E-state index in [4.69, 9.17) is 19.5 Å². The molecule has 2 atom stereocenters. The fraction of sp³-hybridized carbons (Fsp3) is 0.440. The number of carbonyl (C=O) groups excluding carboxylic acids is 1. The molecule has 1 N–H and O–H groups in total. The maximum Gasteiger partial charge on any atom is 0.220 e. The standard InChI is InChI=1S/C25H30FN3O4/c1-17-15-29(16-18(2)33-17)22-8-6-20(11-21(22)26)14-28-25(30)5-4-10-32-23-9-7-19(13-27)12-24(23)31-3/h6-9,11-12,17-18H,4-5,10,14-16H2,1-3H3,(H,28,30). The molecule has 2 aromatic rings. The Balaban J connectivity index is 1.43. The molecule has 2 aromatic carbocycles. The van der Waals surface area contributed by atoms with Gasteiger partial charge in [-0.3, -0.25) is 4.79 Å². The lowest BCUT2D eigenvalue weighted by Crippen LogP contribution is -2.45. The number of nitrogens with zero attached hydrogens (tertiary/aromatic N) is 2. The molecule has 7 nitrogen and oxygen atoms in total. The molecule has 1 saturated heterocycles. The molecule has 2 unspecified atom stereocenters. The zero-order valence-electron chi connectivity index (χ0n) is 19.3. The monoisotopic (exact) mass is 455 g/mol. The molecule has 0 radical (unpaired) electrons. The SMILES string of the molecule is COc1cc(C#N)ccc1OCCCC(=O)NCc1ccc(N2CC(C)OC(C)C2)c(F)c1. The highest BCUT2D eigenvalue weighted by molar-refractivity contribution is 5.75. The molecule has 0 spiro atoms. The average Bonchev–Trinajstić information content (AvgIpc) is 2.79. The van der Waals surface area contributed by atoms with E-state index in [0.717, 1.165) is 0 Å². The minimum absolute atomic E-state index is 0.0501. The van der Waals surface area contributed by atoms with Crippen molar-refractivity contribution in [1.29, 1.82) is 5.26 Å². The summed E-state index contributed by atoms with van der Waals surface area (Å²) in [6, 6.07) is 12.0. The highest BCUT2D eigenvalue weighted by atomic mass is 19.1. The van der Waals surface area contributed by atoms with Crippen LogP contribution in [-0.2, 0) is 16.1 Å². The lowest BCUT2D eigenvalue weighted by atomic mass is 10.1. The molecule has 33 heavy (non-hydrogen) atoms. The molecule has 1 amide bonds. The van der Waals surface area contributed by atoms with Crippen molar-refractivity contribution >= 4 is 11.6 Å². The van der Waals surface area contributed by atoms with Crippen molar-refractivity contribution in [2.45, 2.75) is 45.4 Å². The normalized spacial score (nSPS) is 17.8. The van der Waals surface area contributed by atoms with Crippen LogP contribution in [0.1, 0.15) is 37.8 Å². The summed E-state index contributed by atoms with van der Waals surface area (Å²) in [7, 11) is 1.51. The van der Waals surface area contributed by atoms with E-state index in [1.165, 1.54) is 13.2 Å². The van der Waals surface area contributed by atoms with Crippen LogP contribution in [0, 0.1) is 17.1 Å². The number of rotatable bonds is 9. The molecule has 0 aromatic heterocycles. The number of halogens is 1. The summed E-state index contributed by atoms with van der Waals surface area (Å²) in [6.07, 6.45) is 0.890. The van der Waals surface area contributed by atoms with Gasteiger partial charge < -0.3 is 24.4 Å². The van der Waals surface area contributed by atoms with Crippen LogP contribution in [0.3, 0.4) is 0 Å². The molecular formula is C25H30FN3O4. The van der Waals surface area contributed by atoms with Crippen molar-refractivity contribution in [3.05, 3.63) is 53.3 Å². The van der Waals surface area contributed by atoms with Crippen molar-refractivity contribution in [2.75, 3.05) is 31.7 Å². The summed E-state index contributed by atoms with van der Waals surface area (Å²) < 4.78 is 31.3. The molecule has 1 fully saturated rings. The Bertz CT molecular complexity index is 998. The Morgan fingerprint density at radius 1 is 1.21 bits per heavy atom. The zero-order valence-corrected chi connectivity index (χ0v) is 19.3. The van der Waals surface area contributed by atoms with Gasteiger partial charge >= 0.3 is 0 Å². The third kappa shape index (κ3) is 6.83. The third-order valence-electron chi connectivity index (χ3n) is 5.36. The number of hydrogen-bond donors (Lipinski definition) is 1. The molecule has 0 saturated carbocycles. The lowest BCUT2D eigenvalue weighted by molar-refractivity contribution is -0.121. The van der Waals surface area contributed by atoms with Gasteiger partial charge in [-0.15, -0.1) is 0 Å². The number of carbonyl (C=O) groups is 1. The number of methoxy groups -OCH3 is 1. The quantitative estimate of drug-likeness (QED) is 0.579. The molecular weight excluding hydrogens is 425 g/mol. The predicted molar refractivity (Wildman–Crippen MR) is 123 cm³/mol. The Labute approximate surface area is 194 Å². The Morgan fingerprint density at radius 2 is 1.97 bits per heavy atom. The first-order valence-electron chi connectivity index (χ1n) is 11.1. The number of nitrogens with one attached hydrogen (secondary N) is 1. The van der Waals surface area contributed by atoms with Gasteiger partial charge in [-0.2, -0.15) is 5.26 Å². The smallest absolute Gasteiger partial charge is 0.220 e. The van der Waals surface area contributed by atoms with Crippen molar-refractivity contribution in [3.63, 3.8) is 0 Å². The van der Waals surface area contributed by atoms with E-state index < -0.39 is 0 Å².